The summed E-state index contributed by atoms with van der Waals surface area (Å²) < 4.78 is 0. The fraction of sp³-hybridized carbons (Fsp3) is 0.367. The second kappa shape index (κ2) is 11.0. The van der Waals surface area contributed by atoms with Gasteiger partial charge >= 0.3 is 0 Å². The standard InChI is InChI=1S/C30H35N5O/c1-35(2)20-23-13-25(18-31-17-23)24-8-9-29-28(15-24)27(10-11-33-29)30(36)34-26-14-22(16-32-19-26)12-21-6-4-3-5-7-21/h8-10,13-19,21,33H,3-7,11-12,20H2,1-2H3,(H,34,36). The zero-order valence-corrected chi connectivity index (χ0v) is 21.3. The molecule has 3 aromatic rings. The largest absolute Gasteiger partial charge is 0.381 e. The lowest BCUT2D eigenvalue weighted by Gasteiger charge is -2.22. The maximum Gasteiger partial charge on any atom is 0.256 e. The first kappa shape index (κ1) is 24.2. The minimum Gasteiger partial charge on any atom is -0.381 e. The first-order valence-electron chi connectivity index (χ1n) is 13.0. The number of hydrogen-bond acceptors (Lipinski definition) is 5. The predicted molar refractivity (Wildman–Crippen MR) is 147 cm³/mol. The molecule has 1 saturated carbocycles. The van der Waals surface area contributed by atoms with Crippen LogP contribution in [-0.2, 0) is 17.8 Å². The van der Waals surface area contributed by atoms with E-state index < -0.39 is 0 Å². The number of fused-ring (bicyclic) bond motifs is 1. The zero-order chi connectivity index (χ0) is 24.9. The molecule has 6 heteroatoms. The fourth-order valence-electron chi connectivity index (χ4n) is 5.38. The maximum absolute atomic E-state index is 13.4. The highest BCUT2D eigenvalue weighted by atomic mass is 16.1. The Kier molecular flexibility index (Phi) is 7.42. The van der Waals surface area contributed by atoms with E-state index in [1.807, 2.05) is 38.8 Å². The summed E-state index contributed by atoms with van der Waals surface area (Å²) in [6.07, 6.45) is 17.1. The number of anilines is 2. The quantitative estimate of drug-likeness (QED) is 0.448. The van der Waals surface area contributed by atoms with E-state index >= 15 is 0 Å². The Bertz CT molecular complexity index is 1260. The molecule has 1 aromatic carbocycles. The van der Waals surface area contributed by atoms with Crippen molar-refractivity contribution in [1.82, 2.24) is 14.9 Å². The van der Waals surface area contributed by atoms with Crippen molar-refractivity contribution in [2.45, 2.75) is 45.1 Å². The van der Waals surface area contributed by atoms with Crippen LogP contribution in [0.5, 0.6) is 0 Å². The van der Waals surface area contributed by atoms with Gasteiger partial charge in [0, 0.05) is 54.1 Å². The van der Waals surface area contributed by atoms with Crippen molar-refractivity contribution in [3.8, 4) is 11.1 Å². The monoisotopic (exact) mass is 481 g/mol. The Morgan fingerprint density at radius 3 is 2.61 bits per heavy atom. The van der Waals surface area contributed by atoms with Gasteiger partial charge in [0.15, 0.2) is 0 Å². The van der Waals surface area contributed by atoms with Crippen LogP contribution in [0.15, 0.2) is 61.2 Å². The summed E-state index contributed by atoms with van der Waals surface area (Å²) >= 11 is 0. The molecule has 3 heterocycles. The van der Waals surface area contributed by atoms with E-state index in [9.17, 15) is 4.79 Å². The lowest BCUT2D eigenvalue weighted by molar-refractivity contribution is -0.111. The Labute approximate surface area is 213 Å². The van der Waals surface area contributed by atoms with Crippen molar-refractivity contribution in [2.24, 2.45) is 5.92 Å². The number of hydrogen-bond donors (Lipinski definition) is 2. The van der Waals surface area contributed by atoms with Crippen LogP contribution in [-0.4, -0.2) is 41.4 Å². The van der Waals surface area contributed by atoms with Gasteiger partial charge < -0.3 is 15.5 Å². The Morgan fingerprint density at radius 2 is 1.78 bits per heavy atom. The van der Waals surface area contributed by atoms with Crippen LogP contribution in [0.2, 0.25) is 0 Å². The third kappa shape index (κ3) is 5.82. The maximum atomic E-state index is 13.4. The van der Waals surface area contributed by atoms with Crippen molar-refractivity contribution in [3.05, 3.63) is 77.9 Å². The molecule has 2 aliphatic rings. The highest BCUT2D eigenvalue weighted by molar-refractivity contribution is 6.27. The van der Waals surface area contributed by atoms with Gasteiger partial charge in [0.1, 0.15) is 0 Å². The Morgan fingerprint density at radius 1 is 0.972 bits per heavy atom. The molecule has 6 nitrogen and oxygen atoms in total. The number of aromatic nitrogens is 2. The fourth-order valence-corrected chi connectivity index (χ4v) is 5.38. The number of benzene rings is 1. The van der Waals surface area contributed by atoms with Crippen LogP contribution in [0.4, 0.5) is 11.4 Å². The van der Waals surface area contributed by atoms with Crippen LogP contribution in [0, 0.1) is 5.92 Å². The number of carbonyl (C=O) groups excluding carboxylic acids is 1. The summed E-state index contributed by atoms with van der Waals surface area (Å²) in [7, 11) is 4.10. The molecule has 0 unspecified atom stereocenters. The molecule has 0 saturated heterocycles. The van der Waals surface area contributed by atoms with Crippen molar-refractivity contribution in [1.29, 1.82) is 0 Å². The van der Waals surface area contributed by atoms with Gasteiger partial charge in [-0.3, -0.25) is 14.8 Å². The summed E-state index contributed by atoms with van der Waals surface area (Å²) in [5.74, 6) is 0.626. The number of nitrogens with one attached hydrogen (secondary N) is 2. The van der Waals surface area contributed by atoms with Gasteiger partial charge in [0.05, 0.1) is 11.9 Å². The van der Waals surface area contributed by atoms with Crippen LogP contribution < -0.4 is 10.6 Å². The molecule has 5 rings (SSSR count). The molecule has 1 amide bonds. The van der Waals surface area contributed by atoms with Crippen LogP contribution >= 0.6 is 0 Å². The first-order chi connectivity index (χ1) is 17.5. The lowest BCUT2D eigenvalue weighted by Crippen LogP contribution is -2.19. The summed E-state index contributed by atoms with van der Waals surface area (Å²) in [5, 5.41) is 6.50. The van der Waals surface area contributed by atoms with Crippen LogP contribution in [0.3, 0.4) is 0 Å². The van der Waals surface area contributed by atoms with E-state index in [4.69, 9.17) is 0 Å². The zero-order valence-electron chi connectivity index (χ0n) is 21.3. The van der Waals surface area contributed by atoms with Gasteiger partial charge in [-0.2, -0.15) is 0 Å². The van der Waals surface area contributed by atoms with Crippen molar-refractivity contribution >= 4 is 22.9 Å². The van der Waals surface area contributed by atoms with Crippen molar-refractivity contribution in [2.75, 3.05) is 31.3 Å². The molecule has 1 aliphatic carbocycles. The number of pyridine rings is 2. The van der Waals surface area contributed by atoms with Gasteiger partial charge in [-0.25, -0.2) is 0 Å². The second-order valence-electron chi connectivity index (χ2n) is 10.3. The highest BCUT2D eigenvalue weighted by Gasteiger charge is 2.20. The van der Waals surface area contributed by atoms with E-state index in [0.717, 1.165) is 52.5 Å². The number of carbonyl (C=O) groups is 1. The van der Waals surface area contributed by atoms with Gasteiger partial charge in [-0.1, -0.05) is 44.2 Å². The minimum atomic E-state index is -0.106. The normalized spacial score (nSPS) is 15.7. The molecule has 186 valence electrons. The van der Waals surface area contributed by atoms with E-state index in [0.29, 0.717) is 12.1 Å². The molecule has 0 atom stereocenters. The molecule has 2 N–H and O–H groups in total. The first-order valence-corrected chi connectivity index (χ1v) is 13.0. The van der Waals surface area contributed by atoms with Gasteiger partial charge in [0.2, 0.25) is 0 Å². The van der Waals surface area contributed by atoms with Gasteiger partial charge in [0.25, 0.3) is 5.91 Å². The average molecular weight is 482 g/mol. The molecule has 0 radical (unpaired) electrons. The third-order valence-electron chi connectivity index (χ3n) is 7.08. The molecule has 1 fully saturated rings. The van der Waals surface area contributed by atoms with Crippen LogP contribution in [0.25, 0.3) is 16.7 Å². The lowest BCUT2D eigenvalue weighted by atomic mass is 9.85. The summed E-state index contributed by atoms with van der Waals surface area (Å²) in [6, 6.07) is 10.5. The average Bonchev–Trinajstić information content (AvgIpc) is 2.88. The van der Waals surface area contributed by atoms with E-state index in [-0.39, 0.29) is 5.91 Å². The summed E-state index contributed by atoms with van der Waals surface area (Å²) in [6.45, 7) is 1.45. The summed E-state index contributed by atoms with van der Waals surface area (Å²) in [4.78, 5) is 24.4. The highest BCUT2D eigenvalue weighted by Crippen LogP contribution is 2.33. The van der Waals surface area contributed by atoms with Crippen LogP contribution in [0.1, 0.15) is 48.8 Å². The molecule has 1 aliphatic heterocycles. The molecular weight excluding hydrogens is 446 g/mol. The van der Waals surface area contributed by atoms with E-state index in [1.165, 1.54) is 37.7 Å². The van der Waals surface area contributed by atoms with Crippen molar-refractivity contribution < 1.29 is 4.79 Å². The molecule has 0 bridgehead atoms. The third-order valence-corrected chi connectivity index (χ3v) is 7.08. The molecule has 2 aromatic heterocycles. The predicted octanol–water partition coefficient (Wildman–Crippen LogP) is 5.78. The van der Waals surface area contributed by atoms with Gasteiger partial charge in [-0.05, 0) is 67.4 Å². The molecular formula is C30H35N5O. The second-order valence-corrected chi connectivity index (χ2v) is 10.3. The van der Waals surface area contributed by atoms with E-state index in [2.05, 4.69) is 55.8 Å². The molecule has 36 heavy (non-hydrogen) atoms. The number of rotatable bonds is 7. The van der Waals surface area contributed by atoms with E-state index in [1.54, 1.807) is 6.20 Å². The van der Waals surface area contributed by atoms with Gasteiger partial charge in [-0.15, -0.1) is 0 Å². The van der Waals surface area contributed by atoms with Crippen molar-refractivity contribution in [3.63, 3.8) is 0 Å². The minimum absolute atomic E-state index is 0.106. The Balaban J connectivity index is 1.34. The SMILES string of the molecule is CN(C)Cc1cncc(-c2ccc3c(c2)C(C(=O)Nc2cncc(CC4CCCCC4)c2)=CCN3)c1. The number of nitrogens with zero attached hydrogens (tertiary/aromatic N) is 3. The smallest absolute Gasteiger partial charge is 0.256 e. The Hall–Kier alpha value is -3.51. The number of amides is 1. The summed E-state index contributed by atoms with van der Waals surface area (Å²) in [5.41, 5.74) is 7.75. The molecule has 0 spiro atoms. The topological polar surface area (TPSA) is 70.2 Å².